The lowest BCUT2D eigenvalue weighted by Crippen LogP contribution is -2.03. The average molecular weight is 261 g/mol. The molecule has 0 atom stereocenters. The van der Waals surface area contributed by atoms with Crippen LogP contribution in [0.25, 0.3) is 0 Å². The van der Waals surface area contributed by atoms with Gasteiger partial charge in [-0.2, -0.15) is 5.10 Å². The monoisotopic (exact) mass is 261 g/mol. The first-order valence-corrected chi connectivity index (χ1v) is 5.64. The second-order valence-electron chi connectivity index (χ2n) is 3.80. The van der Waals surface area contributed by atoms with Crippen molar-refractivity contribution < 1.29 is 9.90 Å². The Morgan fingerprint density at radius 3 is 2.89 bits per heavy atom. The molecule has 0 saturated carbocycles. The topological polar surface area (TPSA) is 78.0 Å². The predicted molar refractivity (Wildman–Crippen MR) is 70.8 cm³/mol. The summed E-state index contributed by atoms with van der Waals surface area (Å²) in [4.78, 5) is 10.9. The number of aryl methyl sites for hydroxylation is 1. The van der Waals surface area contributed by atoms with Crippen molar-refractivity contribution in [2.45, 2.75) is 6.92 Å². The zero-order chi connectivity index (χ0) is 13.1. The van der Waals surface area contributed by atoms with Gasteiger partial charge < -0.3 is 10.4 Å². The van der Waals surface area contributed by atoms with Crippen molar-refractivity contribution >= 4 is 29.7 Å². The molecule has 0 bridgehead atoms. The number of nitrogens with zero attached hydrogens (tertiary/aromatic N) is 1. The lowest BCUT2D eigenvalue weighted by molar-refractivity contribution is 0.0695. The van der Waals surface area contributed by atoms with Crippen molar-refractivity contribution in [2.24, 2.45) is 0 Å². The number of aromatic amines is 1. The van der Waals surface area contributed by atoms with E-state index in [1.165, 1.54) is 6.07 Å². The van der Waals surface area contributed by atoms with Crippen LogP contribution in [0.5, 0.6) is 0 Å². The third kappa shape index (κ3) is 2.72. The molecule has 5 nitrogen and oxygen atoms in total. The number of aromatic carboxylic acids is 1. The lowest BCUT2D eigenvalue weighted by atomic mass is 10.2. The second kappa shape index (κ2) is 4.97. The maximum atomic E-state index is 10.9. The minimum absolute atomic E-state index is 0.0233. The summed E-state index contributed by atoms with van der Waals surface area (Å²) < 4.78 is 0.109. The van der Waals surface area contributed by atoms with Gasteiger partial charge in [0.1, 0.15) is 4.64 Å². The molecule has 0 fully saturated rings. The highest BCUT2D eigenvalue weighted by molar-refractivity contribution is 7.71. The van der Waals surface area contributed by atoms with E-state index < -0.39 is 5.97 Å². The first kappa shape index (κ1) is 12.3. The van der Waals surface area contributed by atoms with Gasteiger partial charge in [0.25, 0.3) is 0 Å². The molecule has 0 saturated heterocycles. The number of carboxylic acid groups (broad SMARTS) is 1. The normalized spacial score (nSPS) is 10.1. The Bertz CT molecular complexity index is 652. The van der Waals surface area contributed by atoms with E-state index in [0.29, 0.717) is 5.82 Å². The first-order valence-electron chi connectivity index (χ1n) is 5.23. The van der Waals surface area contributed by atoms with Crippen molar-refractivity contribution in [1.82, 2.24) is 10.2 Å². The van der Waals surface area contributed by atoms with Gasteiger partial charge in [-0.15, -0.1) is 0 Å². The molecule has 0 unspecified atom stereocenters. The van der Waals surface area contributed by atoms with Gasteiger partial charge in [-0.25, -0.2) is 4.79 Å². The molecular weight excluding hydrogens is 250 g/mol. The molecule has 0 aliphatic heterocycles. The maximum absolute atomic E-state index is 10.9. The van der Waals surface area contributed by atoms with Crippen LogP contribution in [0.3, 0.4) is 0 Å². The van der Waals surface area contributed by atoms with Crippen molar-refractivity contribution in [3.05, 3.63) is 46.1 Å². The summed E-state index contributed by atoms with van der Waals surface area (Å²) in [7, 11) is 0. The van der Waals surface area contributed by atoms with Crippen molar-refractivity contribution in [2.75, 3.05) is 5.32 Å². The highest BCUT2D eigenvalue weighted by Gasteiger charge is 2.08. The molecular formula is C12H11N3O2S. The van der Waals surface area contributed by atoms with Gasteiger partial charge in [0.05, 0.1) is 5.56 Å². The number of anilines is 2. The number of hydrogen-bond donors (Lipinski definition) is 3. The zero-order valence-corrected chi connectivity index (χ0v) is 10.4. The van der Waals surface area contributed by atoms with E-state index in [1.54, 1.807) is 0 Å². The summed E-state index contributed by atoms with van der Waals surface area (Å²) in [6.45, 7) is 1.97. The van der Waals surface area contributed by atoms with E-state index in [4.69, 9.17) is 17.3 Å². The quantitative estimate of drug-likeness (QED) is 0.740. The van der Waals surface area contributed by atoms with Crippen LogP contribution in [0.1, 0.15) is 15.9 Å². The number of carbonyl (C=O) groups is 1. The third-order valence-corrected chi connectivity index (χ3v) is 2.64. The van der Waals surface area contributed by atoms with Gasteiger partial charge in [0.15, 0.2) is 5.82 Å². The van der Waals surface area contributed by atoms with E-state index in [0.717, 1.165) is 11.3 Å². The number of aromatic nitrogens is 2. The molecule has 2 rings (SSSR count). The van der Waals surface area contributed by atoms with Crippen LogP contribution in [0, 0.1) is 11.6 Å². The smallest absolute Gasteiger partial charge is 0.338 e. The summed E-state index contributed by atoms with van der Waals surface area (Å²) >= 11 is 4.85. The number of benzene rings is 1. The molecule has 2 aromatic rings. The zero-order valence-electron chi connectivity index (χ0n) is 9.60. The number of hydrogen-bond acceptors (Lipinski definition) is 4. The Morgan fingerprint density at radius 1 is 1.44 bits per heavy atom. The van der Waals surface area contributed by atoms with Crippen molar-refractivity contribution in [3.63, 3.8) is 0 Å². The summed E-state index contributed by atoms with van der Waals surface area (Å²) in [6.07, 6.45) is 0. The highest BCUT2D eigenvalue weighted by atomic mass is 32.1. The van der Waals surface area contributed by atoms with Crippen molar-refractivity contribution in [3.8, 4) is 0 Å². The van der Waals surface area contributed by atoms with E-state index in [2.05, 4.69) is 15.5 Å². The third-order valence-electron chi connectivity index (χ3n) is 2.32. The van der Waals surface area contributed by atoms with Gasteiger partial charge in [-0.05, 0) is 24.6 Å². The fraction of sp³-hybridized carbons (Fsp3) is 0.0833. The Morgan fingerprint density at radius 2 is 2.22 bits per heavy atom. The molecule has 18 heavy (non-hydrogen) atoms. The van der Waals surface area contributed by atoms with Crippen LogP contribution in [-0.2, 0) is 0 Å². The fourth-order valence-corrected chi connectivity index (χ4v) is 1.69. The summed E-state index contributed by atoms with van der Waals surface area (Å²) in [6, 6.07) is 9.09. The van der Waals surface area contributed by atoms with Crippen LogP contribution in [-0.4, -0.2) is 21.3 Å². The van der Waals surface area contributed by atoms with Crippen LogP contribution in [0.2, 0.25) is 0 Å². The number of H-pyrrole nitrogens is 1. The van der Waals surface area contributed by atoms with Gasteiger partial charge in [0.2, 0.25) is 0 Å². The molecule has 92 valence electrons. The minimum atomic E-state index is -1.08. The molecule has 0 aliphatic carbocycles. The molecule has 3 N–H and O–H groups in total. The van der Waals surface area contributed by atoms with Crippen LogP contribution in [0.4, 0.5) is 11.5 Å². The number of carboxylic acids is 1. The fourth-order valence-electron chi connectivity index (χ4n) is 1.50. The average Bonchev–Trinajstić information content (AvgIpc) is 2.31. The Kier molecular flexibility index (Phi) is 3.38. The Labute approximate surface area is 108 Å². The minimum Gasteiger partial charge on any atom is -0.478 e. The molecule has 1 aromatic heterocycles. The standard InChI is InChI=1S/C12H11N3O2S/c1-7-3-2-4-8(5-7)13-10-6-9(12(16)17)11(18)15-14-10/h2-6H,1H3,(H,13,14)(H,15,18)(H,16,17). The predicted octanol–water partition coefficient (Wildman–Crippen LogP) is 2.89. The van der Waals surface area contributed by atoms with E-state index >= 15 is 0 Å². The second-order valence-corrected chi connectivity index (χ2v) is 4.20. The summed E-state index contributed by atoms with van der Waals surface area (Å²) in [5, 5.41) is 18.4. The molecule has 0 radical (unpaired) electrons. The Hall–Kier alpha value is -2.21. The molecule has 0 spiro atoms. The largest absolute Gasteiger partial charge is 0.478 e. The number of nitrogens with one attached hydrogen (secondary N) is 2. The van der Waals surface area contributed by atoms with E-state index in [9.17, 15) is 4.79 Å². The van der Waals surface area contributed by atoms with Gasteiger partial charge in [-0.1, -0.05) is 24.4 Å². The summed E-state index contributed by atoms with van der Waals surface area (Å²) in [5.41, 5.74) is 1.96. The van der Waals surface area contributed by atoms with Crippen molar-refractivity contribution in [1.29, 1.82) is 0 Å². The SMILES string of the molecule is Cc1cccc(Nc2cc(C(=O)O)c(=S)[nH]n2)c1. The van der Waals surface area contributed by atoms with Crippen LogP contribution in [0.15, 0.2) is 30.3 Å². The van der Waals surface area contributed by atoms with Crippen LogP contribution < -0.4 is 5.32 Å². The van der Waals surface area contributed by atoms with Gasteiger partial charge >= 0.3 is 5.97 Å². The molecule has 6 heteroatoms. The summed E-state index contributed by atoms with van der Waals surface area (Å²) in [5.74, 6) is -0.669. The Balaban J connectivity index is 2.33. The lowest BCUT2D eigenvalue weighted by Gasteiger charge is -2.06. The molecule has 0 amide bonds. The van der Waals surface area contributed by atoms with E-state index in [-0.39, 0.29) is 10.2 Å². The maximum Gasteiger partial charge on any atom is 0.338 e. The van der Waals surface area contributed by atoms with Crippen LogP contribution >= 0.6 is 12.2 Å². The number of rotatable bonds is 3. The highest BCUT2D eigenvalue weighted by Crippen LogP contribution is 2.16. The molecule has 1 aromatic carbocycles. The van der Waals surface area contributed by atoms with Gasteiger partial charge in [0, 0.05) is 11.8 Å². The molecule has 0 aliphatic rings. The molecule has 1 heterocycles. The van der Waals surface area contributed by atoms with E-state index in [1.807, 2.05) is 31.2 Å². The first-order chi connectivity index (χ1) is 8.56. The van der Waals surface area contributed by atoms with Gasteiger partial charge in [-0.3, -0.25) is 5.10 Å².